The van der Waals surface area contributed by atoms with E-state index in [0.717, 1.165) is 5.56 Å². The lowest BCUT2D eigenvalue weighted by Gasteiger charge is -2.24. The number of benzene rings is 1. The van der Waals surface area contributed by atoms with Crippen molar-refractivity contribution in [1.82, 2.24) is 5.06 Å². The van der Waals surface area contributed by atoms with Gasteiger partial charge in [0.25, 0.3) is 0 Å². The molecule has 1 aromatic carbocycles. The Morgan fingerprint density at radius 2 is 2.05 bits per heavy atom. The van der Waals surface area contributed by atoms with Crippen LogP contribution < -0.4 is 0 Å². The molecule has 1 amide bonds. The summed E-state index contributed by atoms with van der Waals surface area (Å²) >= 11 is 0. The molecule has 2 unspecified atom stereocenters. The summed E-state index contributed by atoms with van der Waals surface area (Å²) in [6.07, 6.45) is 0.420. The number of hydroxylamine groups is 2. The van der Waals surface area contributed by atoms with Crippen LogP contribution in [-0.2, 0) is 14.2 Å². The third-order valence-electron chi connectivity index (χ3n) is 2.66. The topological polar surface area (TPSA) is 66.8 Å². The van der Waals surface area contributed by atoms with Crippen LogP contribution in [0.4, 0.5) is 0 Å². The molecule has 0 spiro atoms. The lowest BCUT2D eigenvalue weighted by Crippen LogP contribution is -2.31. The van der Waals surface area contributed by atoms with E-state index in [4.69, 9.17) is 9.73 Å². The number of carbonyl (C=O) groups excluding carboxylic acids is 1. The molecule has 0 aliphatic rings. The standard InChI is InChI=1S/C13H20NO4P/c1-11(13-7-4-3-5-8-13)18-14(12(2)15)9-6-10-19(16)17/h3-5,7-8,11,19H,6,9-10H2,1-2H3,(H,16,17). The molecule has 0 radical (unpaired) electrons. The van der Waals surface area contributed by atoms with E-state index in [0.29, 0.717) is 13.0 Å². The number of rotatable bonds is 7. The predicted octanol–water partition coefficient (Wildman–Crippen LogP) is 2.38. The molecule has 0 aliphatic heterocycles. The fraction of sp³-hybridized carbons (Fsp3) is 0.462. The van der Waals surface area contributed by atoms with E-state index in [1.54, 1.807) is 0 Å². The molecule has 6 heteroatoms. The number of hydrogen-bond donors (Lipinski definition) is 1. The van der Waals surface area contributed by atoms with E-state index in [1.807, 2.05) is 37.3 Å². The van der Waals surface area contributed by atoms with Crippen molar-refractivity contribution < 1.29 is 19.1 Å². The summed E-state index contributed by atoms with van der Waals surface area (Å²) < 4.78 is 10.6. The van der Waals surface area contributed by atoms with Crippen LogP contribution in [0.15, 0.2) is 30.3 Å². The summed E-state index contributed by atoms with van der Waals surface area (Å²) in [5.74, 6) is -0.208. The maximum atomic E-state index is 11.5. The van der Waals surface area contributed by atoms with Crippen molar-refractivity contribution in [2.45, 2.75) is 26.4 Å². The molecule has 1 rings (SSSR count). The highest BCUT2D eigenvalue weighted by atomic mass is 31.1. The first-order valence-corrected chi connectivity index (χ1v) is 7.78. The second-order valence-electron chi connectivity index (χ2n) is 4.28. The van der Waals surface area contributed by atoms with Crippen molar-refractivity contribution in [1.29, 1.82) is 0 Å². The third kappa shape index (κ3) is 6.01. The van der Waals surface area contributed by atoms with Crippen LogP contribution in [-0.4, -0.2) is 28.6 Å². The minimum Gasteiger partial charge on any atom is -0.346 e. The number of carbonyl (C=O) groups is 1. The Bertz CT molecular complexity index is 424. The molecule has 0 saturated heterocycles. The zero-order valence-electron chi connectivity index (χ0n) is 11.2. The molecule has 0 heterocycles. The van der Waals surface area contributed by atoms with Crippen LogP contribution in [0.2, 0.25) is 0 Å². The molecule has 1 N–H and O–H groups in total. The van der Waals surface area contributed by atoms with Crippen LogP contribution in [0.25, 0.3) is 0 Å². The number of amides is 1. The average Bonchev–Trinajstić information content (AvgIpc) is 2.37. The van der Waals surface area contributed by atoms with Crippen molar-refractivity contribution in [2.75, 3.05) is 12.7 Å². The molecule has 0 saturated carbocycles. The lowest BCUT2D eigenvalue weighted by atomic mass is 10.1. The van der Waals surface area contributed by atoms with Gasteiger partial charge in [0.15, 0.2) is 8.03 Å². The van der Waals surface area contributed by atoms with Crippen molar-refractivity contribution in [3.8, 4) is 0 Å². The van der Waals surface area contributed by atoms with E-state index in [9.17, 15) is 9.36 Å². The van der Waals surface area contributed by atoms with Gasteiger partial charge in [-0.1, -0.05) is 30.3 Å². The first kappa shape index (κ1) is 15.9. The SMILES string of the molecule is CC(=O)N(CCC[PH](=O)O)OC(C)c1ccccc1. The quantitative estimate of drug-likeness (QED) is 0.617. The van der Waals surface area contributed by atoms with E-state index < -0.39 is 8.03 Å². The Balaban J connectivity index is 2.53. The summed E-state index contributed by atoms with van der Waals surface area (Å²) in [7, 11) is -2.48. The Kier molecular flexibility index (Phi) is 6.78. The highest BCUT2D eigenvalue weighted by Gasteiger charge is 2.15. The van der Waals surface area contributed by atoms with Crippen molar-refractivity contribution in [2.24, 2.45) is 0 Å². The minimum absolute atomic E-state index is 0.206. The molecule has 106 valence electrons. The van der Waals surface area contributed by atoms with Crippen LogP contribution in [0.5, 0.6) is 0 Å². The van der Waals surface area contributed by atoms with Crippen molar-refractivity contribution >= 4 is 13.9 Å². The van der Waals surface area contributed by atoms with Crippen LogP contribution in [0, 0.1) is 0 Å². The molecule has 0 fully saturated rings. The monoisotopic (exact) mass is 285 g/mol. The zero-order chi connectivity index (χ0) is 14.3. The molecular formula is C13H20NO4P. The van der Waals surface area contributed by atoms with Gasteiger partial charge in [-0.2, -0.15) is 0 Å². The van der Waals surface area contributed by atoms with Crippen LogP contribution in [0.1, 0.15) is 31.9 Å². The fourth-order valence-electron chi connectivity index (χ4n) is 1.63. The Morgan fingerprint density at radius 3 is 2.58 bits per heavy atom. The summed E-state index contributed by atoms with van der Waals surface area (Å²) in [4.78, 5) is 25.8. The maximum absolute atomic E-state index is 11.5. The van der Waals surface area contributed by atoms with Crippen molar-refractivity contribution in [3.63, 3.8) is 0 Å². The predicted molar refractivity (Wildman–Crippen MR) is 74.0 cm³/mol. The molecule has 2 atom stereocenters. The number of hydrogen-bond acceptors (Lipinski definition) is 3. The first-order chi connectivity index (χ1) is 9.00. The van der Waals surface area contributed by atoms with Gasteiger partial charge in [-0.25, -0.2) is 5.06 Å². The second kappa shape index (κ2) is 8.10. The normalized spacial score (nSPS) is 13.8. The lowest BCUT2D eigenvalue weighted by molar-refractivity contribution is -0.203. The smallest absolute Gasteiger partial charge is 0.243 e. The second-order valence-corrected chi connectivity index (χ2v) is 5.56. The summed E-state index contributed by atoms with van der Waals surface area (Å²) in [5, 5.41) is 1.25. The summed E-state index contributed by atoms with van der Waals surface area (Å²) in [6.45, 7) is 3.60. The Morgan fingerprint density at radius 1 is 1.42 bits per heavy atom. The van der Waals surface area contributed by atoms with Gasteiger partial charge in [-0.3, -0.25) is 14.2 Å². The highest BCUT2D eigenvalue weighted by Crippen LogP contribution is 2.19. The van der Waals surface area contributed by atoms with Gasteiger partial charge in [0.2, 0.25) is 5.91 Å². The third-order valence-corrected chi connectivity index (χ3v) is 3.44. The van der Waals surface area contributed by atoms with E-state index in [-0.39, 0.29) is 18.2 Å². The molecule has 0 bridgehead atoms. The fourth-order valence-corrected chi connectivity index (χ4v) is 2.09. The molecule has 1 aromatic rings. The van der Waals surface area contributed by atoms with Gasteiger partial charge in [0.05, 0.1) is 0 Å². The summed E-state index contributed by atoms with van der Waals surface area (Å²) in [5.41, 5.74) is 0.976. The van der Waals surface area contributed by atoms with Crippen molar-refractivity contribution in [3.05, 3.63) is 35.9 Å². The largest absolute Gasteiger partial charge is 0.346 e. The van der Waals surface area contributed by atoms with Crippen LogP contribution in [0.3, 0.4) is 0 Å². The zero-order valence-corrected chi connectivity index (χ0v) is 12.2. The van der Waals surface area contributed by atoms with E-state index in [1.165, 1.54) is 12.0 Å². The van der Waals surface area contributed by atoms with E-state index in [2.05, 4.69) is 0 Å². The maximum Gasteiger partial charge on any atom is 0.243 e. The Labute approximate surface area is 114 Å². The minimum atomic E-state index is -2.48. The Hall–Kier alpha value is -1.16. The van der Waals surface area contributed by atoms with E-state index >= 15 is 0 Å². The van der Waals surface area contributed by atoms with Gasteiger partial charge in [0.1, 0.15) is 6.10 Å². The summed E-state index contributed by atoms with van der Waals surface area (Å²) in [6, 6.07) is 9.58. The first-order valence-electron chi connectivity index (χ1n) is 6.22. The molecule has 19 heavy (non-hydrogen) atoms. The molecule has 5 nitrogen and oxygen atoms in total. The van der Waals surface area contributed by atoms with Gasteiger partial charge < -0.3 is 4.89 Å². The number of nitrogens with zero attached hydrogens (tertiary/aromatic N) is 1. The highest BCUT2D eigenvalue weighted by molar-refractivity contribution is 7.37. The van der Waals surface area contributed by atoms with Gasteiger partial charge in [-0.05, 0) is 18.9 Å². The average molecular weight is 285 g/mol. The van der Waals surface area contributed by atoms with Gasteiger partial charge >= 0.3 is 0 Å². The van der Waals surface area contributed by atoms with Gasteiger partial charge in [0, 0.05) is 19.6 Å². The molecular weight excluding hydrogens is 265 g/mol. The molecule has 0 aliphatic carbocycles. The van der Waals surface area contributed by atoms with Gasteiger partial charge in [-0.15, -0.1) is 0 Å². The molecule has 0 aromatic heterocycles. The van der Waals surface area contributed by atoms with Crippen LogP contribution >= 0.6 is 8.03 Å².